The summed E-state index contributed by atoms with van der Waals surface area (Å²) in [5.41, 5.74) is 2.99. The molecule has 0 unspecified atom stereocenters. The summed E-state index contributed by atoms with van der Waals surface area (Å²) in [4.78, 5) is 26.3. The summed E-state index contributed by atoms with van der Waals surface area (Å²) < 4.78 is 14.1. The van der Waals surface area contributed by atoms with E-state index in [1.807, 2.05) is 11.0 Å². The van der Waals surface area contributed by atoms with E-state index in [9.17, 15) is 9.18 Å². The Bertz CT molecular complexity index is 1080. The van der Waals surface area contributed by atoms with E-state index in [1.54, 1.807) is 30.6 Å². The lowest BCUT2D eigenvalue weighted by Gasteiger charge is -2.25. The number of nitrogens with one attached hydrogen (secondary N) is 1. The van der Waals surface area contributed by atoms with Crippen molar-refractivity contribution in [3.05, 3.63) is 59.8 Å². The van der Waals surface area contributed by atoms with Crippen LogP contribution in [0.15, 0.2) is 42.7 Å². The Labute approximate surface area is 180 Å². The molecule has 160 valence electrons. The maximum absolute atomic E-state index is 14.1. The standard InChI is InChI=1S/C23H25FN6O/c24-18-7-2-1-6-16(18)14-21(31)30-13-5-8-20(30)22-17(15-26-28-22)19-9-10-25-23(27-19)29-11-3-4-12-29/h1-2,6-7,9-10,15,20H,3-5,8,11-14H2,(H,26,28)/t20-/m0/s1. The summed E-state index contributed by atoms with van der Waals surface area (Å²) in [5.74, 6) is 0.318. The van der Waals surface area contributed by atoms with Crippen molar-refractivity contribution in [2.45, 2.75) is 38.1 Å². The molecule has 2 saturated heterocycles. The maximum atomic E-state index is 14.1. The van der Waals surface area contributed by atoms with Crippen LogP contribution in [0.5, 0.6) is 0 Å². The van der Waals surface area contributed by atoms with Crippen LogP contribution in [-0.2, 0) is 11.2 Å². The Balaban J connectivity index is 1.40. The van der Waals surface area contributed by atoms with E-state index in [4.69, 9.17) is 4.98 Å². The molecule has 1 aromatic carbocycles. The van der Waals surface area contributed by atoms with Gasteiger partial charge in [-0.3, -0.25) is 9.89 Å². The van der Waals surface area contributed by atoms with Crippen LogP contribution in [0.1, 0.15) is 43.0 Å². The fraction of sp³-hybridized carbons (Fsp3) is 0.391. The van der Waals surface area contributed by atoms with E-state index < -0.39 is 0 Å². The summed E-state index contributed by atoms with van der Waals surface area (Å²) >= 11 is 0. The van der Waals surface area contributed by atoms with Crippen LogP contribution < -0.4 is 4.90 Å². The fourth-order valence-corrected chi connectivity index (χ4v) is 4.59. The summed E-state index contributed by atoms with van der Waals surface area (Å²) in [6.45, 7) is 2.60. The third kappa shape index (κ3) is 3.89. The first-order chi connectivity index (χ1) is 15.2. The van der Waals surface area contributed by atoms with Gasteiger partial charge < -0.3 is 9.80 Å². The minimum Gasteiger partial charge on any atom is -0.341 e. The Morgan fingerprint density at radius 1 is 1.13 bits per heavy atom. The van der Waals surface area contributed by atoms with Gasteiger partial charge in [0.05, 0.1) is 30.0 Å². The average molecular weight is 420 g/mol. The molecule has 2 fully saturated rings. The number of anilines is 1. The molecule has 0 radical (unpaired) electrons. The highest BCUT2D eigenvalue weighted by molar-refractivity contribution is 5.80. The van der Waals surface area contributed by atoms with E-state index in [2.05, 4.69) is 20.1 Å². The van der Waals surface area contributed by atoms with Gasteiger partial charge in [0.25, 0.3) is 0 Å². The van der Waals surface area contributed by atoms with Crippen molar-refractivity contribution in [2.75, 3.05) is 24.5 Å². The molecule has 2 aliphatic heterocycles. The quantitative estimate of drug-likeness (QED) is 0.683. The summed E-state index contributed by atoms with van der Waals surface area (Å²) in [7, 11) is 0. The number of halogens is 1. The van der Waals surface area contributed by atoms with Crippen molar-refractivity contribution >= 4 is 11.9 Å². The highest BCUT2D eigenvalue weighted by atomic mass is 19.1. The number of likely N-dealkylation sites (tertiary alicyclic amines) is 1. The van der Waals surface area contributed by atoms with Gasteiger partial charge in [-0.1, -0.05) is 18.2 Å². The van der Waals surface area contributed by atoms with E-state index in [0.29, 0.717) is 12.1 Å². The minimum absolute atomic E-state index is 0.0548. The molecule has 1 atom stereocenters. The van der Waals surface area contributed by atoms with Crippen molar-refractivity contribution < 1.29 is 9.18 Å². The van der Waals surface area contributed by atoms with Crippen LogP contribution in [0.25, 0.3) is 11.3 Å². The number of rotatable bonds is 5. The van der Waals surface area contributed by atoms with E-state index in [-0.39, 0.29) is 24.2 Å². The number of benzene rings is 1. The summed E-state index contributed by atoms with van der Waals surface area (Å²) in [6, 6.07) is 8.21. The minimum atomic E-state index is -0.343. The number of nitrogens with zero attached hydrogens (tertiary/aromatic N) is 5. The van der Waals surface area contributed by atoms with E-state index in [1.165, 1.54) is 6.07 Å². The first-order valence-corrected chi connectivity index (χ1v) is 10.9. The van der Waals surface area contributed by atoms with Crippen LogP contribution in [0.3, 0.4) is 0 Å². The molecular formula is C23H25FN6O. The third-order valence-electron chi connectivity index (χ3n) is 6.18. The zero-order valence-electron chi connectivity index (χ0n) is 17.3. The normalized spacial score (nSPS) is 18.7. The Hall–Kier alpha value is -3.29. The lowest BCUT2D eigenvalue weighted by Crippen LogP contribution is -2.32. The van der Waals surface area contributed by atoms with Crippen LogP contribution >= 0.6 is 0 Å². The van der Waals surface area contributed by atoms with Crippen LogP contribution in [0.4, 0.5) is 10.3 Å². The van der Waals surface area contributed by atoms with Crippen molar-refractivity contribution in [3.8, 4) is 11.3 Å². The number of hydrogen-bond acceptors (Lipinski definition) is 5. The van der Waals surface area contributed by atoms with Crippen LogP contribution in [0, 0.1) is 5.82 Å². The molecule has 4 heterocycles. The molecule has 2 aliphatic rings. The maximum Gasteiger partial charge on any atom is 0.227 e. The second-order valence-electron chi connectivity index (χ2n) is 8.15. The molecule has 0 spiro atoms. The number of aromatic nitrogens is 4. The number of amides is 1. The molecule has 3 aromatic rings. The van der Waals surface area contributed by atoms with Gasteiger partial charge in [0.1, 0.15) is 5.82 Å². The Morgan fingerprint density at radius 3 is 2.81 bits per heavy atom. The molecule has 31 heavy (non-hydrogen) atoms. The van der Waals surface area contributed by atoms with Gasteiger partial charge in [0.2, 0.25) is 11.9 Å². The molecule has 0 bridgehead atoms. The molecule has 7 nitrogen and oxygen atoms in total. The van der Waals surface area contributed by atoms with Gasteiger partial charge in [0.15, 0.2) is 0 Å². The van der Waals surface area contributed by atoms with Gasteiger partial charge in [-0.15, -0.1) is 0 Å². The Morgan fingerprint density at radius 2 is 1.97 bits per heavy atom. The SMILES string of the molecule is O=C(Cc1ccccc1F)N1CCC[C@H]1c1[nH]ncc1-c1ccnc(N2CCCC2)n1. The second-order valence-corrected chi connectivity index (χ2v) is 8.15. The van der Waals surface area contributed by atoms with Gasteiger partial charge in [-0.05, 0) is 43.4 Å². The van der Waals surface area contributed by atoms with Gasteiger partial charge in [-0.2, -0.15) is 5.10 Å². The molecule has 1 amide bonds. The summed E-state index contributed by atoms with van der Waals surface area (Å²) in [5, 5.41) is 7.37. The number of aromatic amines is 1. The number of carbonyl (C=O) groups is 1. The zero-order valence-corrected chi connectivity index (χ0v) is 17.3. The van der Waals surface area contributed by atoms with Crippen molar-refractivity contribution in [1.29, 1.82) is 0 Å². The molecular weight excluding hydrogens is 395 g/mol. The average Bonchev–Trinajstić information content (AvgIpc) is 3.56. The summed E-state index contributed by atoms with van der Waals surface area (Å²) in [6.07, 6.45) is 7.65. The highest BCUT2D eigenvalue weighted by Gasteiger charge is 2.33. The van der Waals surface area contributed by atoms with Crippen LogP contribution in [0.2, 0.25) is 0 Å². The van der Waals surface area contributed by atoms with Crippen LogP contribution in [-0.4, -0.2) is 50.6 Å². The van der Waals surface area contributed by atoms with Gasteiger partial charge in [0, 0.05) is 31.4 Å². The molecule has 1 N–H and O–H groups in total. The fourth-order valence-electron chi connectivity index (χ4n) is 4.59. The van der Waals surface area contributed by atoms with Gasteiger partial charge >= 0.3 is 0 Å². The number of hydrogen-bond donors (Lipinski definition) is 1. The number of carbonyl (C=O) groups excluding carboxylic acids is 1. The lowest BCUT2D eigenvalue weighted by molar-refractivity contribution is -0.131. The van der Waals surface area contributed by atoms with Crippen molar-refractivity contribution in [3.63, 3.8) is 0 Å². The molecule has 0 aliphatic carbocycles. The molecule has 2 aromatic heterocycles. The topological polar surface area (TPSA) is 78.0 Å². The molecule has 8 heteroatoms. The third-order valence-corrected chi connectivity index (χ3v) is 6.18. The molecule has 0 saturated carbocycles. The predicted molar refractivity (Wildman–Crippen MR) is 115 cm³/mol. The number of H-pyrrole nitrogens is 1. The monoisotopic (exact) mass is 420 g/mol. The van der Waals surface area contributed by atoms with Crippen molar-refractivity contribution in [2.24, 2.45) is 0 Å². The lowest BCUT2D eigenvalue weighted by atomic mass is 10.0. The molecule has 5 rings (SSSR count). The zero-order chi connectivity index (χ0) is 21.2. The van der Waals surface area contributed by atoms with Crippen molar-refractivity contribution in [1.82, 2.24) is 25.1 Å². The first kappa shape index (κ1) is 19.7. The smallest absolute Gasteiger partial charge is 0.227 e. The van der Waals surface area contributed by atoms with E-state index >= 15 is 0 Å². The largest absolute Gasteiger partial charge is 0.341 e. The van der Waals surface area contributed by atoms with E-state index in [0.717, 1.165) is 61.7 Å². The second kappa shape index (κ2) is 8.45. The first-order valence-electron chi connectivity index (χ1n) is 10.9. The van der Waals surface area contributed by atoms with Gasteiger partial charge in [-0.25, -0.2) is 14.4 Å². The Kier molecular flexibility index (Phi) is 5.36. The predicted octanol–water partition coefficient (Wildman–Crippen LogP) is 3.51. The highest BCUT2D eigenvalue weighted by Crippen LogP contribution is 2.36.